The smallest absolute Gasteiger partial charge is 0.355 e. The number of aryl methyl sites for hydroxylation is 2. The normalized spacial score (nSPS) is 11.0. The molecule has 0 bridgehead atoms. The maximum absolute atomic E-state index is 13.3. The first-order valence-corrected chi connectivity index (χ1v) is 10.2. The second-order valence-corrected chi connectivity index (χ2v) is 7.42. The molecular formula is C25H25N3O3. The molecule has 0 atom stereocenters. The number of hydrogen-bond donors (Lipinski definition) is 0. The molecule has 6 heteroatoms. The molecule has 158 valence electrons. The molecule has 3 heterocycles. The molecule has 0 saturated carbocycles. The number of carbonyl (C=O) groups is 1. The van der Waals surface area contributed by atoms with Crippen molar-refractivity contribution in [3.8, 4) is 17.0 Å². The van der Waals surface area contributed by atoms with E-state index in [4.69, 9.17) is 9.47 Å². The van der Waals surface area contributed by atoms with E-state index in [9.17, 15) is 4.79 Å². The number of nitrogens with zero attached hydrogens (tertiary/aromatic N) is 3. The lowest BCUT2D eigenvalue weighted by atomic mass is 10.0. The monoisotopic (exact) mass is 415 g/mol. The molecule has 0 aliphatic carbocycles. The molecule has 0 aliphatic heterocycles. The molecule has 0 unspecified atom stereocenters. The minimum absolute atomic E-state index is 0.289. The van der Waals surface area contributed by atoms with Gasteiger partial charge in [-0.1, -0.05) is 11.6 Å². The topological polar surface area (TPSA) is 66.2 Å². The summed E-state index contributed by atoms with van der Waals surface area (Å²) in [5, 5.41) is 0.958. The fourth-order valence-electron chi connectivity index (χ4n) is 3.95. The first kappa shape index (κ1) is 20.6. The fourth-order valence-corrected chi connectivity index (χ4v) is 3.95. The van der Waals surface area contributed by atoms with E-state index in [1.807, 2.05) is 55.7 Å². The Bertz CT molecular complexity index is 1260. The molecule has 0 amide bonds. The zero-order valence-electron chi connectivity index (χ0n) is 18.2. The number of benzene rings is 1. The van der Waals surface area contributed by atoms with E-state index in [0.717, 1.165) is 38.9 Å². The predicted molar refractivity (Wildman–Crippen MR) is 120 cm³/mol. The van der Waals surface area contributed by atoms with Gasteiger partial charge in [0.05, 0.1) is 13.7 Å². The summed E-state index contributed by atoms with van der Waals surface area (Å²) in [5.74, 6) is 0.0939. The van der Waals surface area contributed by atoms with Gasteiger partial charge in [0.2, 0.25) is 5.88 Å². The summed E-state index contributed by atoms with van der Waals surface area (Å²) in [6.07, 6.45) is 3.46. The Morgan fingerprint density at radius 2 is 1.90 bits per heavy atom. The molecule has 0 saturated heterocycles. The molecule has 6 nitrogen and oxygen atoms in total. The quantitative estimate of drug-likeness (QED) is 0.417. The molecule has 31 heavy (non-hydrogen) atoms. The molecule has 4 aromatic rings. The summed E-state index contributed by atoms with van der Waals surface area (Å²) in [6, 6.07) is 14.0. The van der Waals surface area contributed by atoms with Crippen molar-refractivity contribution in [1.29, 1.82) is 0 Å². The Morgan fingerprint density at radius 1 is 1.06 bits per heavy atom. The number of esters is 1. The molecule has 0 radical (unpaired) electrons. The Labute approximate surface area is 181 Å². The van der Waals surface area contributed by atoms with Gasteiger partial charge in [-0.05, 0) is 62.7 Å². The summed E-state index contributed by atoms with van der Waals surface area (Å²) in [6.45, 7) is 6.61. The molecule has 0 fully saturated rings. The number of rotatable bonds is 6. The van der Waals surface area contributed by atoms with E-state index in [0.29, 0.717) is 18.1 Å². The van der Waals surface area contributed by atoms with E-state index in [2.05, 4.69) is 22.1 Å². The number of pyridine rings is 2. The highest BCUT2D eigenvalue weighted by Gasteiger charge is 2.27. The van der Waals surface area contributed by atoms with Gasteiger partial charge in [0, 0.05) is 46.7 Å². The van der Waals surface area contributed by atoms with Gasteiger partial charge in [-0.25, -0.2) is 9.78 Å². The molecule has 3 aromatic heterocycles. The molecule has 1 aromatic carbocycles. The lowest BCUT2D eigenvalue weighted by Crippen LogP contribution is -2.14. The van der Waals surface area contributed by atoms with Crippen LogP contribution in [0.4, 0.5) is 0 Å². The van der Waals surface area contributed by atoms with Gasteiger partial charge < -0.3 is 14.0 Å². The Hall–Kier alpha value is -3.67. The van der Waals surface area contributed by atoms with Gasteiger partial charge >= 0.3 is 5.97 Å². The second kappa shape index (κ2) is 8.60. The molecule has 4 rings (SSSR count). The van der Waals surface area contributed by atoms with Crippen LogP contribution in [0.5, 0.6) is 5.88 Å². The number of methoxy groups -OCH3 is 1. The van der Waals surface area contributed by atoms with Crippen molar-refractivity contribution in [2.45, 2.75) is 27.3 Å². The Morgan fingerprint density at radius 3 is 2.65 bits per heavy atom. The van der Waals surface area contributed by atoms with Crippen LogP contribution in [0.15, 0.2) is 54.9 Å². The zero-order chi connectivity index (χ0) is 22.0. The molecular weight excluding hydrogens is 390 g/mol. The van der Waals surface area contributed by atoms with E-state index >= 15 is 0 Å². The number of carbonyl (C=O) groups excluding carboxylic acids is 1. The predicted octanol–water partition coefficient (Wildman–Crippen LogP) is 4.95. The SMILES string of the molecule is CCOC(=O)c1c(-c2cccnc2OC)c2cc(C)ccc2n1Cc1ccnc(C)c1. The molecule has 0 aliphatic rings. The summed E-state index contributed by atoms with van der Waals surface area (Å²) in [5.41, 5.74) is 6.05. The largest absolute Gasteiger partial charge is 0.481 e. The lowest BCUT2D eigenvalue weighted by Gasteiger charge is -2.13. The molecule has 0 N–H and O–H groups in total. The third-order valence-corrected chi connectivity index (χ3v) is 5.22. The first-order valence-electron chi connectivity index (χ1n) is 10.2. The summed E-state index contributed by atoms with van der Waals surface area (Å²) in [7, 11) is 1.58. The highest BCUT2D eigenvalue weighted by molar-refractivity contribution is 6.09. The highest BCUT2D eigenvalue weighted by atomic mass is 16.5. The van der Waals surface area contributed by atoms with Crippen LogP contribution in [0.3, 0.4) is 0 Å². The summed E-state index contributed by atoms with van der Waals surface area (Å²) in [4.78, 5) is 21.9. The minimum Gasteiger partial charge on any atom is -0.481 e. The van der Waals surface area contributed by atoms with Crippen molar-refractivity contribution in [2.75, 3.05) is 13.7 Å². The van der Waals surface area contributed by atoms with E-state index in [1.54, 1.807) is 19.5 Å². The maximum atomic E-state index is 13.3. The van der Waals surface area contributed by atoms with Crippen LogP contribution >= 0.6 is 0 Å². The van der Waals surface area contributed by atoms with Crippen LogP contribution in [-0.4, -0.2) is 34.2 Å². The second-order valence-electron chi connectivity index (χ2n) is 7.42. The standard InChI is InChI=1S/C25H25N3O3/c1-5-31-25(29)23-22(19-7-6-11-27-24(19)30-4)20-13-16(2)8-9-21(20)28(23)15-18-10-12-26-17(3)14-18/h6-14H,5,15H2,1-4H3. The third kappa shape index (κ3) is 3.89. The maximum Gasteiger partial charge on any atom is 0.355 e. The summed E-state index contributed by atoms with van der Waals surface area (Å²) < 4.78 is 13.0. The van der Waals surface area contributed by atoms with E-state index < -0.39 is 0 Å². The lowest BCUT2D eigenvalue weighted by molar-refractivity contribution is 0.0516. The van der Waals surface area contributed by atoms with Gasteiger partial charge in [0.25, 0.3) is 0 Å². The van der Waals surface area contributed by atoms with Crippen LogP contribution in [-0.2, 0) is 11.3 Å². The van der Waals surface area contributed by atoms with Gasteiger partial charge in [-0.2, -0.15) is 0 Å². The highest BCUT2D eigenvalue weighted by Crippen LogP contribution is 2.40. The minimum atomic E-state index is -0.372. The van der Waals surface area contributed by atoms with E-state index in [1.165, 1.54) is 0 Å². The summed E-state index contributed by atoms with van der Waals surface area (Å²) >= 11 is 0. The molecule has 0 spiro atoms. The van der Waals surface area contributed by atoms with Crippen molar-refractivity contribution >= 4 is 16.9 Å². The Balaban J connectivity index is 2.06. The van der Waals surface area contributed by atoms with Crippen molar-refractivity contribution in [2.24, 2.45) is 0 Å². The number of hydrogen-bond acceptors (Lipinski definition) is 5. The number of fused-ring (bicyclic) bond motifs is 1. The van der Waals surface area contributed by atoms with Crippen molar-refractivity contribution in [3.63, 3.8) is 0 Å². The van der Waals surface area contributed by atoms with Crippen molar-refractivity contribution in [1.82, 2.24) is 14.5 Å². The van der Waals surface area contributed by atoms with Gasteiger partial charge in [-0.15, -0.1) is 0 Å². The van der Waals surface area contributed by atoms with Crippen LogP contribution in [0.1, 0.15) is 34.2 Å². The van der Waals surface area contributed by atoms with Gasteiger partial charge in [-0.3, -0.25) is 4.98 Å². The zero-order valence-corrected chi connectivity index (χ0v) is 18.2. The van der Waals surface area contributed by atoms with Crippen LogP contribution in [0.25, 0.3) is 22.0 Å². The van der Waals surface area contributed by atoms with Crippen LogP contribution < -0.4 is 4.74 Å². The average molecular weight is 415 g/mol. The number of aromatic nitrogens is 3. The number of ether oxygens (including phenoxy) is 2. The van der Waals surface area contributed by atoms with Gasteiger partial charge in [0.1, 0.15) is 5.69 Å². The fraction of sp³-hybridized carbons (Fsp3) is 0.240. The third-order valence-electron chi connectivity index (χ3n) is 5.22. The van der Waals surface area contributed by atoms with E-state index in [-0.39, 0.29) is 12.6 Å². The van der Waals surface area contributed by atoms with Crippen molar-refractivity contribution in [3.05, 3.63) is 77.4 Å². The van der Waals surface area contributed by atoms with Gasteiger partial charge in [0.15, 0.2) is 0 Å². The van der Waals surface area contributed by atoms with Crippen LogP contribution in [0.2, 0.25) is 0 Å². The average Bonchev–Trinajstić information content (AvgIpc) is 3.07. The Kier molecular flexibility index (Phi) is 5.71. The first-order chi connectivity index (χ1) is 15.0. The van der Waals surface area contributed by atoms with Crippen molar-refractivity contribution < 1.29 is 14.3 Å². The van der Waals surface area contributed by atoms with Crippen LogP contribution in [0, 0.1) is 13.8 Å².